The second-order valence-corrected chi connectivity index (χ2v) is 6.33. The molecule has 2 aromatic carbocycles. The van der Waals surface area contributed by atoms with Crippen molar-refractivity contribution in [3.8, 4) is 0 Å². The summed E-state index contributed by atoms with van der Waals surface area (Å²) in [6.07, 6.45) is 0. The van der Waals surface area contributed by atoms with Crippen LogP contribution in [0.2, 0.25) is 10.0 Å². The minimum absolute atomic E-state index is 0.213. The van der Waals surface area contributed by atoms with E-state index in [-0.39, 0.29) is 11.9 Å². The number of nitrogens with two attached hydrogens (primary N) is 1. The lowest BCUT2D eigenvalue weighted by atomic mass is 10.1. The molecule has 0 aromatic heterocycles. The number of nitrogen functional groups attached to an aromatic ring is 1. The Morgan fingerprint density at radius 3 is 2.52 bits per heavy atom. The monoisotopic (exact) mass is 386 g/mol. The zero-order chi connectivity index (χ0) is 15.6. The molecule has 0 radical (unpaired) electrons. The quantitative estimate of drug-likeness (QED) is 0.741. The summed E-state index contributed by atoms with van der Waals surface area (Å²) in [5, 5.41) is 3.82. The first-order valence-electron chi connectivity index (χ1n) is 6.19. The number of rotatable bonds is 3. The van der Waals surface area contributed by atoms with Gasteiger partial charge in [-0.25, -0.2) is 0 Å². The van der Waals surface area contributed by atoms with Crippen molar-refractivity contribution in [1.82, 2.24) is 5.32 Å². The highest BCUT2D eigenvalue weighted by atomic mass is 79.9. The molecule has 2 rings (SSSR count). The maximum Gasteiger partial charge on any atom is 0.253 e. The minimum Gasteiger partial charge on any atom is -0.398 e. The second kappa shape index (κ2) is 6.69. The Morgan fingerprint density at radius 2 is 1.90 bits per heavy atom. The molecule has 0 saturated heterocycles. The van der Waals surface area contributed by atoms with E-state index in [0.29, 0.717) is 21.3 Å². The molecule has 0 aliphatic heterocycles. The number of anilines is 1. The summed E-state index contributed by atoms with van der Waals surface area (Å²) in [6.45, 7) is 1.87. The molecule has 3 N–H and O–H groups in total. The third kappa shape index (κ3) is 3.90. The average molecular weight is 388 g/mol. The summed E-state index contributed by atoms with van der Waals surface area (Å²) in [7, 11) is 0. The molecule has 0 fully saturated rings. The molecule has 2 aromatic rings. The molecule has 1 amide bonds. The predicted octanol–water partition coefficient (Wildman–Crippen LogP) is 4.83. The van der Waals surface area contributed by atoms with Crippen LogP contribution in [0.3, 0.4) is 0 Å². The Morgan fingerprint density at radius 1 is 1.19 bits per heavy atom. The second-order valence-electron chi connectivity index (χ2n) is 4.60. The summed E-state index contributed by atoms with van der Waals surface area (Å²) in [5.74, 6) is -0.237. The van der Waals surface area contributed by atoms with Gasteiger partial charge in [-0.1, -0.05) is 45.2 Å². The molecule has 1 atom stereocenters. The predicted molar refractivity (Wildman–Crippen MR) is 90.9 cm³/mol. The maximum absolute atomic E-state index is 12.2. The van der Waals surface area contributed by atoms with Crippen molar-refractivity contribution in [2.75, 3.05) is 5.73 Å². The fourth-order valence-electron chi connectivity index (χ4n) is 1.88. The van der Waals surface area contributed by atoms with Crippen molar-refractivity contribution < 1.29 is 4.79 Å². The topological polar surface area (TPSA) is 55.1 Å². The van der Waals surface area contributed by atoms with Crippen molar-refractivity contribution in [3.05, 3.63) is 62.0 Å². The van der Waals surface area contributed by atoms with E-state index in [1.165, 1.54) is 0 Å². The summed E-state index contributed by atoms with van der Waals surface area (Å²) in [6, 6.07) is 10.2. The van der Waals surface area contributed by atoms with Crippen LogP contribution in [0.25, 0.3) is 0 Å². The van der Waals surface area contributed by atoms with Crippen LogP contribution in [-0.4, -0.2) is 5.91 Å². The van der Waals surface area contributed by atoms with Gasteiger partial charge in [-0.2, -0.15) is 0 Å². The Kier molecular flexibility index (Phi) is 5.14. The van der Waals surface area contributed by atoms with Crippen molar-refractivity contribution >= 4 is 50.7 Å². The molecule has 6 heteroatoms. The molecular formula is C15H13BrCl2N2O. The molecule has 0 aliphatic rings. The third-order valence-electron chi connectivity index (χ3n) is 3.05. The number of carbonyl (C=O) groups is 1. The van der Waals surface area contributed by atoms with Crippen LogP contribution in [0, 0.1) is 0 Å². The molecular weight excluding hydrogens is 375 g/mol. The average Bonchev–Trinajstić information content (AvgIpc) is 2.41. The highest BCUT2D eigenvalue weighted by molar-refractivity contribution is 9.10. The van der Waals surface area contributed by atoms with E-state index in [9.17, 15) is 4.79 Å². The van der Waals surface area contributed by atoms with Gasteiger partial charge in [-0.3, -0.25) is 4.79 Å². The van der Waals surface area contributed by atoms with Gasteiger partial charge in [0.1, 0.15) is 0 Å². The molecule has 1 unspecified atom stereocenters. The molecule has 3 nitrogen and oxygen atoms in total. The highest BCUT2D eigenvalue weighted by Gasteiger charge is 2.14. The lowest BCUT2D eigenvalue weighted by Crippen LogP contribution is -2.27. The van der Waals surface area contributed by atoms with Crippen LogP contribution in [-0.2, 0) is 0 Å². The Bertz CT molecular complexity index is 691. The zero-order valence-electron chi connectivity index (χ0n) is 11.2. The van der Waals surface area contributed by atoms with E-state index in [4.69, 9.17) is 28.9 Å². The Labute approximate surface area is 141 Å². The van der Waals surface area contributed by atoms with Gasteiger partial charge in [0.2, 0.25) is 0 Å². The molecule has 0 bridgehead atoms. The van der Waals surface area contributed by atoms with Gasteiger partial charge in [0.05, 0.1) is 21.7 Å². The molecule has 0 saturated carbocycles. The lowest BCUT2D eigenvalue weighted by molar-refractivity contribution is 0.0941. The fourth-order valence-corrected chi connectivity index (χ4v) is 2.57. The van der Waals surface area contributed by atoms with Crippen LogP contribution >= 0.6 is 39.1 Å². The first-order chi connectivity index (χ1) is 9.88. The van der Waals surface area contributed by atoms with Crippen LogP contribution in [0.15, 0.2) is 40.9 Å². The first kappa shape index (κ1) is 16.1. The zero-order valence-corrected chi connectivity index (χ0v) is 14.3. The Hall–Kier alpha value is -1.23. The van der Waals surface area contributed by atoms with Gasteiger partial charge in [0, 0.05) is 10.2 Å². The number of amides is 1. The number of benzene rings is 2. The third-order valence-corrected chi connectivity index (χ3v) is 4.28. The maximum atomic E-state index is 12.2. The van der Waals surface area contributed by atoms with Gasteiger partial charge in [0.25, 0.3) is 5.91 Å². The minimum atomic E-state index is -0.237. The number of carbonyl (C=O) groups excluding carboxylic acids is 1. The largest absolute Gasteiger partial charge is 0.398 e. The Balaban J connectivity index is 2.16. The molecule has 110 valence electrons. The first-order valence-corrected chi connectivity index (χ1v) is 7.74. The summed E-state index contributed by atoms with van der Waals surface area (Å²) in [4.78, 5) is 12.2. The van der Waals surface area contributed by atoms with E-state index >= 15 is 0 Å². The number of halogens is 3. The lowest BCUT2D eigenvalue weighted by Gasteiger charge is -2.16. The van der Waals surface area contributed by atoms with Gasteiger partial charge < -0.3 is 11.1 Å². The van der Waals surface area contributed by atoms with Crippen LogP contribution < -0.4 is 11.1 Å². The van der Waals surface area contributed by atoms with Crippen LogP contribution in [0.1, 0.15) is 28.9 Å². The number of hydrogen-bond donors (Lipinski definition) is 2. The smallest absolute Gasteiger partial charge is 0.253 e. The SMILES string of the molecule is CC(NC(=O)c1ccc(Br)cc1N)c1ccc(Cl)c(Cl)c1. The molecule has 0 heterocycles. The summed E-state index contributed by atoms with van der Waals surface area (Å²) in [5.41, 5.74) is 7.58. The molecule has 21 heavy (non-hydrogen) atoms. The van der Waals surface area contributed by atoms with Crippen molar-refractivity contribution in [3.63, 3.8) is 0 Å². The highest BCUT2D eigenvalue weighted by Crippen LogP contribution is 2.26. The normalized spacial score (nSPS) is 12.0. The van der Waals surface area contributed by atoms with Crippen LogP contribution in [0.4, 0.5) is 5.69 Å². The van der Waals surface area contributed by atoms with Gasteiger partial charge in [-0.05, 0) is 42.8 Å². The van der Waals surface area contributed by atoms with Gasteiger partial charge in [0.15, 0.2) is 0 Å². The van der Waals surface area contributed by atoms with E-state index in [1.807, 2.05) is 13.0 Å². The number of hydrogen-bond acceptors (Lipinski definition) is 2. The van der Waals surface area contributed by atoms with E-state index in [2.05, 4.69) is 21.2 Å². The summed E-state index contributed by atoms with van der Waals surface area (Å²) < 4.78 is 0.828. The standard InChI is InChI=1S/C15H13BrCl2N2O/c1-8(9-2-5-12(17)13(18)6-9)20-15(21)11-4-3-10(16)7-14(11)19/h2-8H,19H2,1H3,(H,20,21). The van der Waals surface area contributed by atoms with E-state index < -0.39 is 0 Å². The summed E-state index contributed by atoms with van der Waals surface area (Å²) >= 11 is 15.2. The van der Waals surface area contributed by atoms with Crippen molar-refractivity contribution in [2.45, 2.75) is 13.0 Å². The number of nitrogens with one attached hydrogen (secondary N) is 1. The van der Waals surface area contributed by atoms with Crippen molar-refractivity contribution in [1.29, 1.82) is 0 Å². The van der Waals surface area contributed by atoms with E-state index in [1.54, 1.807) is 30.3 Å². The molecule has 0 aliphatic carbocycles. The van der Waals surface area contributed by atoms with Gasteiger partial charge in [-0.15, -0.1) is 0 Å². The van der Waals surface area contributed by atoms with Crippen molar-refractivity contribution in [2.24, 2.45) is 0 Å². The van der Waals surface area contributed by atoms with Gasteiger partial charge >= 0.3 is 0 Å². The van der Waals surface area contributed by atoms with Crippen LogP contribution in [0.5, 0.6) is 0 Å². The molecule has 0 spiro atoms. The van der Waals surface area contributed by atoms with E-state index in [0.717, 1.165) is 10.0 Å². The fraction of sp³-hybridized carbons (Fsp3) is 0.133.